The Hall–Kier alpha value is -0.800. The summed E-state index contributed by atoms with van der Waals surface area (Å²) in [7, 11) is 0. The average Bonchev–Trinajstić information content (AvgIpc) is 2.63. The van der Waals surface area contributed by atoms with Crippen LogP contribution in [0.4, 0.5) is 0 Å². The molecule has 0 amide bonds. The number of aryl methyl sites for hydroxylation is 1. The van der Waals surface area contributed by atoms with Crippen molar-refractivity contribution in [2.75, 3.05) is 13.1 Å². The van der Waals surface area contributed by atoms with Crippen molar-refractivity contribution >= 4 is 26.8 Å². The number of hydrogen-bond donors (Lipinski definition) is 1. The second-order valence-corrected chi connectivity index (χ2v) is 6.31. The van der Waals surface area contributed by atoms with E-state index in [0.717, 1.165) is 25.6 Å². The average molecular weight is 323 g/mol. The van der Waals surface area contributed by atoms with Crippen LogP contribution in [-0.2, 0) is 6.54 Å². The third-order valence-corrected chi connectivity index (χ3v) is 4.44. The van der Waals surface area contributed by atoms with Gasteiger partial charge in [-0.1, -0.05) is 32.0 Å². The summed E-state index contributed by atoms with van der Waals surface area (Å²) in [6.45, 7) is 9.94. The molecule has 0 bridgehead atoms. The minimum absolute atomic E-state index is 0.725. The SMILES string of the molecule is Cc1c(Br)c2ccccc2n1CCCNCC(C)C. The van der Waals surface area contributed by atoms with E-state index in [0.29, 0.717) is 0 Å². The fraction of sp³-hybridized carbons (Fsp3) is 0.500. The maximum atomic E-state index is 3.71. The van der Waals surface area contributed by atoms with Gasteiger partial charge in [0.2, 0.25) is 0 Å². The van der Waals surface area contributed by atoms with Crippen LogP contribution in [0.25, 0.3) is 10.9 Å². The van der Waals surface area contributed by atoms with Crippen LogP contribution in [-0.4, -0.2) is 17.7 Å². The van der Waals surface area contributed by atoms with Crippen LogP contribution in [0.15, 0.2) is 28.7 Å². The van der Waals surface area contributed by atoms with Crippen molar-refractivity contribution in [2.24, 2.45) is 5.92 Å². The number of para-hydroxylation sites is 1. The van der Waals surface area contributed by atoms with Crippen molar-refractivity contribution in [1.29, 1.82) is 0 Å². The Balaban J connectivity index is 2.02. The number of nitrogens with one attached hydrogen (secondary N) is 1. The topological polar surface area (TPSA) is 17.0 Å². The van der Waals surface area contributed by atoms with Gasteiger partial charge in [-0.25, -0.2) is 0 Å². The van der Waals surface area contributed by atoms with E-state index in [9.17, 15) is 0 Å². The van der Waals surface area contributed by atoms with Crippen LogP contribution in [0.2, 0.25) is 0 Å². The molecule has 0 spiro atoms. The van der Waals surface area contributed by atoms with Gasteiger partial charge in [-0.2, -0.15) is 0 Å². The first-order valence-electron chi connectivity index (χ1n) is 7.05. The molecule has 0 atom stereocenters. The zero-order valence-electron chi connectivity index (χ0n) is 12.0. The molecule has 1 aromatic carbocycles. The molecule has 3 heteroatoms. The van der Waals surface area contributed by atoms with Gasteiger partial charge < -0.3 is 9.88 Å². The number of nitrogens with zero attached hydrogens (tertiary/aromatic N) is 1. The lowest BCUT2D eigenvalue weighted by molar-refractivity contribution is 0.523. The Morgan fingerprint density at radius 2 is 2.00 bits per heavy atom. The number of rotatable bonds is 6. The standard InChI is InChI=1S/C16H23BrN2/c1-12(2)11-18-9-6-10-19-13(3)16(17)14-7-4-5-8-15(14)19/h4-5,7-8,12,18H,6,9-11H2,1-3H3. The van der Waals surface area contributed by atoms with Crippen molar-refractivity contribution in [3.63, 3.8) is 0 Å². The Kier molecular flexibility index (Phi) is 5.06. The highest BCUT2D eigenvalue weighted by Gasteiger charge is 2.10. The van der Waals surface area contributed by atoms with Gasteiger partial charge in [0.1, 0.15) is 0 Å². The van der Waals surface area contributed by atoms with Gasteiger partial charge >= 0.3 is 0 Å². The molecule has 0 fully saturated rings. The summed E-state index contributed by atoms with van der Waals surface area (Å²) in [5.41, 5.74) is 2.65. The summed E-state index contributed by atoms with van der Waals surface area (Å²) in [5.74, 6) is 0.725. The Morgan fingerprint density at radius 1 is 1.26 bits per heavy atom. The zero-order chi connectivity index (χ0) is 13.8. The number of fused-ring (bicyclic) bond motifs is 1. The largest absolute Gasteiger partial charge is 0.344 e. The smallest absolute Gasteiger partial charge is 0.0494 e. The number of benzene rings is 1. The zero-order valence-corrected chi connectivity index (χ0v) is 13.6. The van der Waals surface area contributed by atoms with Gasteiger partial charge in [-0.15, -0.1) is 0 Å². The third kappa shape index (κ3) is 3.40. The highest BCUT2D eigenvalue weighted by atomic mass is 79.9. The van der Waals surface area contributed by atoms with E-state index in [-0.39, 0.29) is 0 Å². The molecule has 2 aromatic rings. The summed E-state index contributed by atoms with van der Waals surface area (Å²) in [4.78, 5) is 0. The van der Waals surface area contributed by atoms with Crippen molar-refractivity contribution in [1.82, 2.24) is 9.88 Å². The fourth-order valence-corrected chi connectivity index (χ4v) is 2.98. The Morgan fingerprint density at radius 3 is 2.74 bits per heavy atom. The maximum Gasteiger partial charge on any atom is 0.0494 e. The van der Waals surface area contributed by atoms with Crippen LogP contribution in [0.3, 0.4) is 0 Å². The summed E-state index contributed by atoms with van der Waals surface area (Å²) in [6.07, 6.45) is 1.17. The van der Waals surface area contributed by atoms with Gasteiger partial charge in [0.15, 0.2) is 0 Å². The lowest BCUT2D eigenvalue weighted by atomic mass is 10.2. The molecule has 0 aliphatic rings. The number of hydrogen-bond acceptors (Lipinski definition) is 1. The molecule has 104 valence electrons. The first-order valence-corrected chi connectivity index (χ1v) is 7.84. The summed E-state index contributed by atoms with van der Waals surface area (Å²) in [6, 6.07) is 8.59. The van der Waals surface area contributed by atoms with E-state index in [1.54, 1.807) is 0 Å². The first kappa shape index (κ1) is 14.6. The third-order valence-electron chi connectivity index (χ3n) is 3.44. The van der Waals surface area contributed by atoms with Gasteiger partial charge in [0.25, 0.3) is 0 Å². The van der Waals surface area contributed by atoms with Crippen molar-refractivity contribution in [2.45, 2.75) is 33.7 Å². The predicted molar refractivity (Wildman–Crippen MR) is 86.7 cm³/mol. The van der Waals surface area contributed by atoms with Crippen molar-refractivity contribution < 1.29 is 0 Å². The van der Waals surface area contributed by atoms with Gasteiger partial charge in [-0.3, -0.25) is 0 Å². The van der Waals surface area contributed by atoms with E-state index >= 15 is 0 Å². The summed E-state index contributed by atoms with van der Waals surface area (Å²) < 4.78 is 3.65. The van der Waals surface area contributed by atoms with Gasteiger partial charge in [0, 0.05) is 27.6 Å². The molecule has 19 heavy (non-hydrogen) atoms. The van der Waals surface area contributed by atoms with Crippen LogP contribution in [0, 0.1) is 12.8 Å². The quantitative estimate of drug-likeness (QED) is 0.782. The molecule has 0 aliphatic carbocycles. The van der Waals surface area contributed by atoms with Crippen LogP contribution in [0.1, 0.15) is 26.0 Å². The van der Waals surface area contributed by atoms with E-state index in [1.807, 2.05) is 0 Å². The van der Waals surface area contributed by atoms with E-state index < -0.39 is 0 Å². The van der Waals surface area contributed by atoms with Crippen LogP contribution < -0.4 is 5.32 Å². The normalized spacial score (nSPS) is 11.6. The molecular formula is C16H23BrN2. The molecule has 0 saturated heterocycles. The minimum Gasteiger partial charge on any atom is -0.344 e. The molecule has 0 saturated carbocycles. The maximum absolute atomic E-state index is 3.71. The molecule has 1 aromatic heterocycles. The molecule has 0 aliphatic heterocycles. The molecule has 2 rings (SSSR count). The van der Waals surface area contributed by atoms with Crippen LogP contribution in [0.5, 0.6) is 0 Å². The molecule has 0 radical (unpaired) electrons. The second kappa shape index (κ2) is 6.58. The number of halogens is 1. The van der Waals surface area contributed by atoms with E-state index in [2.05, 4.69) is 70.9 Å². The Bertz CT molecular complexity index is 543. The van der Waals surface area contributed by atoms with Crippen molar-refractivity contribution in [3.05, 3.63) is 34.4 Å². The molecular weight excluding hydrogens is 300 g/mol. The van der Waals surface area contributed by atoms with Crippen LogP contribution >= 0.6 is 15.9 Å². The van der Waals surface area contributed by atoms with E-state index in [4.69, 9.17) is 0 Å². The second-order valence-electron chi connectivity index (χ2n) is 5.52. The first-order chi connectivity index (χ1) is 9.11. The lowest BCUT2D eigenvalue weighted by Crippen LogP contribution is -2.21. The predicted octanol–water partition coefficient (Wildman–Crippen LogP) is 4.35. The number of aromatic nitrogens is 1. The highest BCUT2D eigenvalue weighted by molar-refractivity contribution is 9.10. The Labute approximate surface area is 124 Å². The fourth-order valence-electron chi connectivity index (χ4n) is 2.43. The minimum atomic E-state index is 0.725. The molecule has 1 N–H and O–H groups in total. The monoisotopic (exact) mass is 322 g/mol. The summed E-state index contributed by atoms with van der Waals surface area (Å²) in [5, 5.41) is 4.82. The summed E-state index contributed by atoms with van der Waals surface area (Å²) >= 11 is 3.71. The molecule has 0 unspecified atom stereocenters. The van der Waals surface area contributed by atoms with Gasteiger partial charge in [0.05, 0.1) is 0 Å². The lowest BCUT2D eigenvalue weighted by Gasteiger charge is -2.10. The highest BCUT2D eigenvalue weighted by Crippen LogP contribution is 2.30. The molecule has 2 nitrogen and oxygen atoms in total. The van der Waals surface area contributed by atoms with Crippen molar-refractivity contribution in [3.8, 4) is 0 Å². The van der Waals surface area contributed by atoms with E-state index in [1.165, 1.54) is 27.5 Å². The molecule has 1 heterocycles. The van der Waals surface area contributed by atoms with Gasteiger partial charge in [-0.05, 0) is 54.3 Å².